The fourth-order valence-electron chi connectivity index (χ4n) is 4.47. The van der Waals surface area contributed by atoms with Crippen molar-refractivity contribution >= 4 is 11.6 Å². The lowest BCUT2D eigenvalue weighted by Crippen LogP contribution is -2.52. The zero-order valence-electron chi connectivity index (χ0n) is 18.9. The molecule has 33 heavy (non-hydrogen) atoms. The van der Waals surface area contributed by atoms with Crippen molar-refractivity contribution in [2.45, 2.75) is 51.2 Å². The van der Waals surface area contributed by atoms with E-state index in [0.717, 1.165) is 18.4 Å². The predicted molar refractivity (Wildman–Crippen MR) is 123 cm³/mol. The number of nitrogens with zero attached hydrogens (tertiary/aromatic N) is 2. The molecular weight excluding hydrogens is 423 g/mol. The number of nitrogens with one attached hydrogen (secondary N) is 2. The van der Waals surface area contributed by atoms with Gasteiger partial charge in [-0.2, -0.15) is 0 Å². The normalized spacial score (nSPS) is 20.5. The highest BCUT2D eigenvalue weighted by Gasteiger charge is 2.37. The first-order chi connectivity index (χ1) is 15.9. The maximum Gasteiger partial charge on any atom is 0.260 e. The zero-order chi connectivity index (χ0) is 23.5. The molecule has 2 aromatic rings. The van der Waals surface area contributed by atoms with E-state index in [1.807, 2.05) is 6.07 Å². The number of halogens is 1. The quantitative estimate of drug-likeness (QED) is 0.584. The van der Waals surface area contributed by atoms with Crippen LogP contribution in [0, 0.1) is 18.2 Å². The summed E-state index contributed by atoms with van der Waals surface area (Å²) in [5.41, 5.74) is 2.95. The molecule has 2 atom stereocenters. The Hall–Kier alpha value is -3.26. The van der Waals surface area contributed by atoms with E-state index in [9.17, 15) is 9.90 Å². The largest absolute Gasteiger partial charge is 0.469 e. The molecule has 8 heteroatoms. The highest BCUT2D eigenvalue weighted by Crippen LogP contribution is 2.35. The van der Waals surface area contributed by atoms with Crippen LogP contribution in [0.1, 0.15) is 58.4 Å². The van der Waals surface area contributed by atoms with Gasteiger partial charge >= 0.3 is 0 Å². The maximum absolute atomic E-state index is 15.2. The number of aliphatic hydroxyl groups excluding tert-OH is 1. The number of aromatic nitrogens is 1. The molecule has 2 heterocycles. The molecule has 0 bridgehead atoms. The van der Waals surface area contributed by atoms with Crippen LogP contribution in [0.15, 0.2) is 36.7 Å². The number of carbonyl (C=O) groups excluding carboxylic acids is 1. The Balaban J connectivity index is 1.58. The third-order valence-electron chi connectivity index (χ3n) is 6.42. The van der Waals surface area contributed by atoms with Gasteiger partial charge in [-0.15, -0.1) is 0 Å². The van der Waals surface area contributed by atoms with Crippen molar-refractivity contribution in [1.29, 1.82) is 5.41 Å². The van der Waals surface area contributed by atoms with Crippen LogP contribution in [0.5, 0.6) is 5.75 Å². The molecule has 0 radical (unpaired) electrons. The van der Waals surface area contributed by atoms with Crippen molar-refractivity contribution in [3.8, 4) is 5.75 Å². The summed E-state index contributed by atoms with van der Waals surface area (Å²) in [6, 6.07) is 4.99. The molecule has 0 spiro atoms. The molecule has 1 aromatic heterocycles. The second kappa shape index (κ2) is 9.70. The van der Waals surface area contributed by atoms with E-state index in [4.69, 9.17) is 10.1 Å². The average Bonchev–Trinajstić information content (AvgIpc) is 2.82. The number of pyridine rings is 1. The molecule has 3 N–H and O–H groups in total. The third-order valence-corrected chi connectivity index (χ3v) is 6.42. The van der Waals surface area contributed by atoms with Crippen LogP contribution in [0.3, 0.4) is 0 Å². The van der Waals surface area contributed by atoms with E-state index in [0.29, 0.717) is 36.1 Å². The van der Waals surface area contributed by atoms with Gasteiger partial charge in [-0.1, -0.05) is 18.9 Å². The van der Waals surface area contributed by atoms with Crippen molar-refractivity contribution in [2.75, 3.05) is 13.8 Å². The first-order valence-electron chi connectivity index (χ1n) is 11.2. The van der Waals surface area contributed by atoms with Gasteiger partial charge in [0, 0.05) is 13.2 Å². The Kier molecular flexibility index (Phi) is 6.74. The highest BCUT2D eigenvalue weighted by atomic mass is 19.1. The highest BCUT2D eigenvalue weighted by molar-refractivity contribution is 6.04. The number of fused-ring (bicyclic) bond motifs is 1. The average molecular weight is 453 g/mol. The number of ether oxygens (including phenoxy) is 1. The summed E-state index contributed by atoms with van der Waals surface area (Å²) in [5.74, 6) is -0.843. The molecule has 1 aromatic carbocycles. The minimum absolute atomic E-state index is 0.0129. The zero-order valence-corrected chi connectivity index (χ0v) is 18.9. The minimum Gasteiger partial charge on any atom is -0.469 e. The van der Waals surface area contributed by atoms with Crippen LogP contribution in [-0.2, 0) is 6.42 Å². The maximum atomic E-state index is 15.2. The standard InChI is InChI=1S/C25H29FN4O3/c1-15-17(11-16-7-8-20(29-13-16)19(27)9-10-28-2)12-18-24(23(15)26)33-14-30(25(18)32)21-5-3-4-6-22(21)31/h7-10,12-13,21-22,27-28,31H,3-6,11,14H2,1-2H3/b10-9-,27-19?/t21-,22-/m0/s1. The van der Waals surface area contributed by atoms with Gasteiger partial charge in [0.15, 0.2) is 18.3 Å². The van der Waals surface area contributed by atoms with Gasteiger partial charge in [-0.05, 0) is 67.3 Å². The van der Waals surface area contributed by atoms with E-state index >= 15 is 4.39 Å². The number of hydrogen-bond donors (Lipinski definition) is 3. The van der Waals surface area contributed by atoms with Crippen molar-refractivity contribution in [3.05, 3.63) is 70.4 Å². The van der Waals surface area contributed by atoms with Crippen LogP contribution >= 0.6 is 0 Å². The molecule has 1 fully saturated rings. The van der Waals surface area contributed by atoms with Gasteiger partial charge in [0.2, 0.25) is 0 Å². The fraction of sp³-hybridized carbons (Fsp3) is 0.400. The molecular formula is C25H29FN4O3. The third kappa shape index (κ3) is 4.61. The first kappa shape index (κ1) is 22.9. The SMILES string of the molecule is CN/C=C\C(=N)c1ccc(Cc2cc3c(c(F)c2C)OCN([C@H]2CCCC[C@@H]2O)C3=O)cn1. The van der Waals surface area contributed by atoms with E-state index in [2.05, 4.69) is 10.3 Å². The van der Waals surface area contributed by atoms with E-state index in [1.54, 1.807) is 44.6 Å². The second-order valence-corrected chi connectivity index (χ2v) is 8.58. The summed E-state index contributed by atoms with van der Waals surface area (Å²) in [4.78, 5) is 19.1. The number of rotatable bonds is 6. The van der Waals surface area contributed by atoms with E-state index in [1.165, 1.54) is 4.90 Å². The van der Waals surface area contributed by atoms with Gasteiger partial charge in [0.1, 0.15) is 0 Å². The van der Waals surface area contributed by atoms with Gasteiger partial charge < -0.3 is 15.2 Å². The van der Waals surface area contributed by atoms with Crippen molar-refractivity contribution in [1.82, 2.24) is 15.2 Å². The Morgan fingerprint density at radius 3 is 2.88 bits per heavy atom. The summed E-state index contributed by atoms with van der Waals surface area (Å²) in [6.07, 6.45) is 7.98. The van der Waals surface area contributed by atoms with Gasteiger partial charge in [0.05, 0.1) is 29.1 Å². The van der Waals surface area contributed by atoms with Crippen molar-refractivity contribution in [3.63, 3.8) is 0 Å². The molecule has 1 aliphatic heterocycles. The number of allylic oxidation sites excluding steroid dienone is 1. The van der Waals surface area contributed by atoms with E-state index < -0.39 is 11.9 Å². The minimum atomic E-state index is -0.589. The molecule has 0 unspecified atom stereocenters. The first-order valence-corrected chi connectivity index (χ1v) is 11.2. The predicted octanol–water partition coefficient (Wildman–Crippen LogP) is 3.32. The molecule has 0 saturated heterocycles. The number of hydrogen-bond acceptors (Lipinski definition) is 6. The van der Waals surface area contributed by atoms with Crippen molar-refractivity contribution in [2.24, 2.45) is 0 Å². The Labute approximate surface area is 192 Å². The van der Waals surface area contributed by atoms with Gasteiger partial charge in [-0.3, -0.25) is 20.1 Å². The van der Waals surface area contributed by atoms with E-state index in [-0.39, 0.29) is 35.7 Å². The van der Waals surface area contributed by atoms with Crippen molar-refractivity contribution < 1.29 is 19.0 Å². The Bertz CT molecular complexity index is 1080. The summed E-state index contributed by atoms with van der Waals surface area (Å²) >= 11 is 0. The summed E-state index contributed by atoms with van der Waals surface area (Å²) in [6.45, 7) is 1.62. The molecule has 2 aliphatic rings. The topological polar surface area (TPSA) is 98.5 Å². The molecule has 4 rings (SSSR count). The Morgan fingerprint density at radius 2 is 2.18 bits per heavy atom. The molecule has 1 amide bonds. The second-order valence-electron chi connectivity index (χ2n) is 8.58. The Morgan fingerprint density at radius 1 is 1.39 bits per heavy atom. The lowest BCUT2D eigenvalue weighted by Gasteiger charge is -2.40. The van der Waals surface area contributed by atoms with Crippen LogP contribution in [0.4, 0.5) is 4.39 Å². The fourth-order valence-corrected chi connectivity index (χ4v) is 4.47. The molecule has 1 aliphatic carbocycles. The van der Waals surface area contributed by atoms with Gasteiger partial charge in [-0.25, -0.2) is 4.39 Å². The monoisotopic (exact) mass is 452 g/mol. The van der Waals surface area contributed by atoms with Crippen LogP contribution in [0.25, 0.3) is 0 Å². The van der Waals surface area contributed by atoms with Gasteiger partial charge in [0.25, 0.3) is 5.91 Å². The summed E-state index contributed by atoms with van der Waals surface area (Å²) in [5, 5.41) is 21.2. The molecule has 174 valence electrons. The van der Waals surface area contributed by atoms with Crippen LogP contribution < -0.4 is 10.1 Å². The van der Waals surface area contributed by atoms with Crippen LogP contribution in [-0.4, -0.2) is 52.5 Å². The van der Waals surface area contributed by atoms with Crippen LogP contribution in [0.2, 0.25) is 0 Å². The smallest absolute Gasteiger partial charge is 0.260 e. The number of aliphatic hydroxyl groups is 1. The number of amides is 1. The molecule has 1 saturated carbocycles. The number of carbonyl (C=O) groups is 1. The number of benzene rings is 1. The lowest BCUT2D eigenvalue weighted by molar-refractivity contribution is -0.0134. The summed E-state index contributed by atoms with van der Waals surface area (Å²) < 4.78 is 20.8. The lowest BCUT2D eigenvalue weighted by atomic mass is 9.90. The molecule has 7 nitrogen and oxygen atoms in total. The summed E-state index contributed by atoms with van der Waals surface area (Å²) in [7, 11) is 1.76.